The second-order valence-corrected chi connectivity index (χ2v) is 5.47. The molecular weight excluding hydrogens is 286 g/mol. The van der Waals surface area contributed by atoms with Crippen molar-refractivity contribution in [2.75, 3.05) is 13.2 Å². The molecule has 0 radical (unpaired) electrons. The van der Waals surface area contributed by atoms with E-state index in [1.165, 1.54) is 0 Å². The van der Waals surface area contributed by atoms with Crippen molar-refractivity contribution in [3.8, 4) is 0 Å². The summed E-state index contributed by atoms with van der Waals surface area (Å²) in [6, 6.07) is 9.41. The molecule has 6 nitrogen and oxygen atoms in total. The summed E-state index contributed by atoms with van der Waals surface area (Å²) in [5, 5.41) is 11.7. The second-order valence-electron chi connectivity index (χ2n) is 5.47. The Morgan fingerprint density at radius 1 is 1.23 bits per heavy atom. The highest BCUT2D eigenvalue weighted by molar-refractivity contribution is 5.69. The van der Waals surface area contributed by atoms with Crippen LogP contribution < -0.4 is 5.32 Å². The Bertz CT molecular complexity index is 497. The first-order chi connectivity index (χ1) is 10.6. The maximum atomic E-state index is 12.0. The van der Waals surface area contributed by atoms with Gasteiger partial charge in [0.15, 0.2) is 0 Å². The number of hydrogen-bond donors (Lipinski definition) is 2. The minimum atomic E-state index is -0.870. The molecule has 0 spiro atoms. The first kappa shape index (κ1) is 16.3. The van der Waals surface area contributed by atoms with Crippen LogP contribution in [0.3, 0.4) is 0 Å². The van der Waals surface area contributed by atoms with Gasteiger partial charge in [0.2, 0.25) is 0 Å². The highest BCUT2D eigenvalue weighted by atomic mass is 16.5. The third-order valence-electron chi connectivity index (χ3n) is 3.85. The van der Waals surface area contributed by atoms with Crippen molar-refractivity contribution >= 4 is 12.1 Å². The van der Waals surface area contributed by atoms with Crippen LogP contribution in [0, 0.1) is 0 Å². The Hall–Kier alpha value is -2.08. The normalized spacial score (nSPS) is 16.7. The van der Waals surface area contributed by atoms with Gasteiger partial charge in [0, 0.05) is 25.2 Å². The lowest BCUT2D eigenvalue weighted by molar-refractivity contribution is -0.137. The third kappa shape index (κ3) is 5.04. The number of rotatable bonds is 6. The molecule has 1 aromatic rings. The van der Waals surface area contributed by atoms with Crippen molar-refractivity contribution in [1.29, 1.82) is 0 Å². The predicted octanol–water partition coefficient (Wildman–Crippen LogP) is 2.33. The summed E-state index contributed by atoms with van der Waals surface area (Å²) in [6.45, 7) is 1.22. The Labute approximate surface area is 129 Å². The molecule has 0 unspecified atom stereocenters. The number of carbonyl (C=O) groups excluding carboxylic acids is 1. The van der Waals surface area contributed by atoms with Crippen LogP contribution in [0.25, 0.3) is 0 Å². The standard InChI is InChI=1S/C16H21NO5/c18-14(19)6-7-16(8-10-21-11-9-16)17-15(20)22-12-13-4-2-1-3-5-13/h1-5H,6-12H2,(H,17,20)(H,18,19). The molecule has 22 heavy (non-hydrogen) atoms. The van der Waals surface area contributed by atoms with E-state index >= 15 is 0 Å². The molecule has 1 amide bonds. The number of benzene rings is 1. The van der Waals surface area contributed by atoms with Gasteiger partial charge >= 0.3 is 12.1 Å². The summed E-state index contributed by atoms with van der Waals surface area (Å²) in [4.78, 5) is 22.8. The van der Waals surface area contributed by atoms with E-state index in [1.807, 2.05) is 30.3 Å². The van der Waals surface area contributed by atoms with Crippen LogP contribution in [0.4, 0.5) is 4.79 Å². The van der Waals surface area contributed by atoms with Crippen molar-refractivity contribution in [2.24, 2.45) is 0 Å². The van der Waals surface area contributed by atoms with Crippen LogP contribution in [-0.4, -0.2) is 35.9 Å². The van der Waals surface area contributed by atoms with E-state index in [0.29, 0.717) is 32.5 Å². The number of nitrogens with one attached hydrogen (secondary N) is 1. The molecule has 0 aliphatic carbocycles. The van der Waals surface area contributed by atoms with E-state index in [4.69, 9.17) is 14.6 Å². The maximum absolute atomic E-state index is 12.0. The predicted molar refractivity (Wildman–Crippen MR) is 79.4 cm³/mol. The van der Waals surface area contributed by atoms with Gasteiger partial charge in [-0.3, -0.25) is 4.79 Å². The third-order valence-corrected chi connectivity index (χ3v) is 3.85. The molecule has 1 aliphatic heterocycles. The van der Waals surface area contributed by atoms with Crippen LogP contribution in [0.5, 0.6) is 0 Å². The first-order valence-electron chi connectivity index (χ1n) is 7.38. The summed E-state index contributed by atoms with van der Waals surface area (Å²) < 4.78 is 10.5. The zero-order valence-electron chi connectivity index (χ0n) is 12.4. The topological polar surface area (TPSA) is 84.9 Å². The molecule has 1 aliphatic rings. The molecule has 1 saturated heterocycles. The van der Waals surface area contributed by atoms with Crippen molar-refractivity contribution in [3.63, 3.8) is 0 Å². The molecule has 0 aromatic heterocycles. The van der Waals surface area contributed by atoms with E-state index in [9.17, 15) is 9.59 Å². The zero-order valence-corrected chi connectivity index (χ0v) is 12.4. The van der Waals surface area contributed by atoms with E-state index in [0.717, 1.165) is 5.56 Å². The molecular formula is C16H21NO5. The fourth-order valence-electron chi connectivity index (χ4n) is 2.52. The SMILES string of the molecule is O=C(O)CCC1(NC(=O)OCc2ccccc2)CCOCC1. The number of aliphatic carboxylic acids is 1. The minimum absolute atomic E-state index is 0.0129. The van der Waals surface area contributed by atoms with Gasteiger partial charge in [0.1, 0.15) is 6.61 Å². The molecule has 1 aromatic carbocycles. The smallest absolute Gasteiger partial charge is 0.407 e. The molecule has 2 rings (SSSR count). The van der Waals surface area contributed by atoms with Gasteiger partial charge in [0.25, 0.3) is 0 Å². The lowest BCUT2D eigenvalue weighted by atomic mass is 9.85. The lowest BCUT2D eigenvalue weighted by Crippen LogP contribution is -2.52. The van der Waals surface area contributed by atoms with Crippen molar-refractivity contribution in [1.82, 2.24) is 5.32 Å². The summed E-state index contributed by atoms with van der Waals surface area (Å²) in [7, 11) is 0. The minimum Gasteiger partial charge on any atom is -0.481 e. The van der Waals surface area contributed by atoms with Crippen LogP contribution in [0.1, 0.15) is 31.2 Å². The number of amides is 1. The summed E-state index contributed by atoms with van der Waals surface area (Å²) in [5.41, 5.74) is 0.355. The first-order valence-corrected chi connectivity index (χ1v) is 7.38. The number of alkyl carbamates (subject to hydrolysis) is 1. The molecule has 0 bridgehead atoms. The van der Waals surface area contributed by atoms with Crippen LogP contribution in [0.2, 0.25) is 0 Å². The van der Waals surface area contributed by atoms with Crippen molar-refractivity contribution < 1.29 is 24.2 Å². The number of carboxylic acid groups (broad SMARTS) is 1. The van der Waals surface area contributed by atoms with Gasteiger partial charge in [-0.25, -0.2) is 4.79 Å². The molecule has 120 valence electrons. The summed E-state index contributed by atoms with van der Waals surface area (Å²) >= 11 is 0. The van der Waals surface area contributed by atoms with E-state index in [2.05, 4.69) is 5.32 Å². The lowest BCUT2D eigenvalue weighted by Gasteiger charge is -2.37. The Kier molecular flexibility index (Phi) is 5.77. The quantitative estimate of drug-likeness (QED) is 0.842. The van der Waals surface area contributed by atoms with Crippen LogP contribution in [0.15, 0.2) is 30.3 Å². The molecule has 0 atom stereocenters. The molecule has 1 heterocycles. The van der Waals surface area contributed by atoms with Crippen molar-refractivity contribution in [2.45, 2.75) is 37.8 Å². The molecule has 2 N–H and O–H groups in total. The number of ether oxygens (including phenoxy) is 2. The van der Waals surface area contributed by atoms with Gasteiger partial charge in [-0.2, -0.15) is 0 Å². The second kappa shape index (κ2) is 7.79. The zero-order chi connectivity index (χ0) is 15.8. The van der Waals surface area contributed by atoms with Gasteiger partial charge in [-0.15, -0.1) is 0 Å². The molecule has 1 fully saturated rings. The van der Waals surface area contributed by atoms with E-state index < -0.39 is 17.6 Å². The highest BCUT2D eigenvalue weighted by Crippen LogP contribution is 2.26. The van der Waals surface area contributed by atoms with E-state index in [1.54, 1.807) is 0 Å². The van der Waals surface area contributed by atoms with Crippen LogP contribution in [-0.2, 0) is 20.9 Å². The summed E-state index contributed by atoms with van der Waals surface area (Å²) in [5.74, 6) is -0.870. The Balaban J connectivity index is 1.88. The molecule has 0 saturated carbocycles. The van der Waals surface area contributed by atoms with Crippen molar-refractivity contribution in [3.05, 3.63) is 35.9 Å². The number of hydrogen-bond acceptors (Lipinski definition) is 4. The Morgan fingerprint density at radius 3 is 2.55 bits per heavy atom. The molecule has 6 heteroatoms. The summed E-state index contributed by atoms with van der Waals surface area (Å²) in [6.07, 6.45) is 1.07. The van der Waals surface area contributed by atoms with E-state index in [-0.39, 0.29) is 13.0 Å². The monoisotopic (exact) mass is 307 g/mol. The fourth-order valence-corrected chi connectivity index (χ4v) is 2.52. The Morgan fingerprint density at radius 2 is 1.91 bits per heavy atom. The van der Waals surface area contributed by atoms with Gasteiger partial charge in [-0.05, 0) is 24.8 Å². The number of carboxylic acids is 1. The highest BCUT2D eigenvalue weighted by Gasteiger charge is 2.35. The maximum Gasteiger partial charge on any atom is 0.407 e. The van der Waals surface area contributed by atoms with Crippen LogP contribution >= 0.6 is 0 Å². The average Bonchev–Trinajstić information content (AvgIpc) is 2.53. The van der Waals surface area contributed by atoms with Gasteiger partial charge in [0.05, 0.1) is 0 Å². The fraction of sp³-hybridized carbons (Fsp3) is 0.500. The average molecular weight is 307 g/mol. The van der Waals surface area contributed by atoms with Gasteiger partial charge < -0.3 is 19.9 Å². The van der Waals surface area contributed by atoms with Gasteiger partial charge in [-0.1, -0.05) is 30.3 Å². The number of carbonyl (C=O) groups is 2. The largest absolute Gasteiger partial charge is 0.481 e.